The van der Waals surface area contributed by atoms with Crippen molar-refractivity contribution in [3.63, 3.8) is 0 Å². The standard InChI is InChI=1S/C17H21NO3/c1-11-6-7-13-10-16(19)18(14(13)8-11)15(17(20)21)9-12-4-2-3-5-12/h6-8,12,15H,2-5,9-10H2,1H3,(H,20,21). The van der Waals surface area contributed by atoms with Crippen LogP contribution in [0.15, 0.2) is 18.2 Å². The summed E-state index contributed by atoms with van der Waals surface area (Å²) in [6.07, 6.45) is 5.44. The number of nitrogens with zero attached hydrogens (tertiary/aromatic N) is 1. The number of carbonyl (C=O) groups is 2. The molecule has 0 saturated heterocycles. The van der Waals surface area contributed by atoms with Gasteiger partial charge < -0.3 is 5.11 Å². The van der Waals surface area contributed by atoms with Crippen molar-refractivity contribution >= 4 is 17.6 Å². The van der Waals surface area contributed by atoms with Crippen LogP contribution in [-0.4, -0.2) is 23.0 Å². The number of carboxylic acids is 1. The molecule has 21 heavy (non-hydrogen) atoms. The van der Waals surface area contributed by atoms with E-state index in [1.165, 1.54) is 17.7 Å². The SMILES string of the molecule is Cc1ccc2c(c1)N(C(CC1CCCC1)C(=O)O)C(=O)C2. The molecule has 0 radical (unpaired) electrons. The van der Waals surface area contributed by atoms with E-state index in [4.69, 9.17) is 0 Å². The largest absolute Gasteiger partial charge is 0.480 e. The number of aryl methyl sites for hydroxylation is 1. The second-order valence-electron chi connectivity index (χ2n) is 6.31. The summed E-state index contributed by atoms with van der Waals surface area (Å²) >= 11 is 0. The minimum atomic E-state index is -0.885. The number of anilines is 1. The van der Waals surface area contributed by atoms with E-state index in [1.54, 1.807) is 0 Å². The van der Waals surface area contributed by atoms with Crippen LogP contribution in [0.25, 0.3) is 0 Å². The van der Waals surface area contributed by atoms with Crippen LogP contribution >= 0.6 is 0 Å². The van der Waals surface area contributed by atoms with Crippen molar-refractivity contribution in [1.29, 1.82) is 0 Å². The molecule has 1 aromatic rings. The van der Waals surface area contributed by atoms with Gasteiger partial charge in [-0.05, 0) is 36.5 Å². The Balaban J connectivity index is 1.90. The summed E-state index contributed by atoms with van der Waals surface area (Å²) in [7, 11) is 0. The summed E-state index contributed by atoms with van der Waals surface area (Å²) in [6, 6.07) is 5.13. The average molecular weight is 287 g/mol. The highest BCUT2D eigenvalue weighted by molar-refractivity contribution is 6.05. The first-order valence-electron chi connectivity index (χ1n) is 7.70. The normalized spacial score (nSPS) is 19.9. The average Bonchev–Trinajstić information content (AvgIpc) is 3.03. The Labute approximate surface area is 124 Å². The molecule has 1 fully saturated rings. The second kappa shape index (κ2) is 5.51. The molecule has 1 saturated carbocycles. The number of hydrogen-bond donors (Lipinski definition) is 1. The molecule has 4 nitrogen and oxygen atoms in total. The van der Waals surface area contributed by atoms with Crippen LogP contribution in [-0.2, 0) is 16.0 Å². The Morgan fingerprint density at radius 2 is 2.10 bits per heavy atom. The molecule has 0 bridgehead atoms. The maximum atomic E-state index is 12.3. The number of aliphatic carboxylic acids is 1. The van der Waals surface area contributed by atoms with E-state index in [2.05, 4.69) is 0 Å². The maximum Gasteiger partial charge on any atom is 0.326 e. The summed E-state index contributed by atoms with van der Waals surface area (Å²) < 4.78 is 0. The quantitative estimate of drug-likeness (QED) is 0.926. The molecule has 2 aliphatic rings. The van der Waals surface area contributed by atoms with Crippen LogP contribution in [0.1, 0.15) is 43.2 Å². The monoisotopic (exact) mass is 287 g/mol. The van der Waals surface area contributed by atoms with Crippen LogP contribution in [0.2, 0.25) is 0 Å². The molecule has 0 spiro atoms. The number of rotatable bonds is 4. The zero-order valence-electron chi connectivity index (χ0n) is 12.3. The predicted octanol–water partition coefficient (Wildman–Crippen LogP) is 2.92. The number of fused-ring (bicyclic) bond motifs is 1. The van der Waals surface area contributed by atoms with Crippen LogP contribution in [0.4, 0.5) is 5.69 Å². The molecule has 3 rings (SSSR count). The first-order valence-corrected chi connectivity index (χ1v) is 7.70. The zero-order chi connectivity index (χ0) is 15.0. The van der Waals surface area contributed by atoms with Gasteiger partial charge in [-0.1, -0.05) is 37.8 Å². The third-order valence-corrected chi connectivity index (χ3v) is 4.74. The number of benzene rings is 1. The van der Waals surface area contributed by atoms with Gasteiger partial charge in [-0.3, -0.25) is 9.69 Å². The highest BCUT2D eigenvalue weighted by Crippen LogP contribution is 2.36. The van der Waals surface area contributed by atoms with Gasteiger partial charge in [0.15, 0.2) is 0 Å². The first kappa shape index (κ1) is 14.1. The van der Waals surface area contributed by atoms with E-state index < -0.39 is 12.0 Å². The third-order valence-electron chi connectivity index (χ3n) is 4.74. The lowest BCUT2D eigenvalue weighted by Crippen LogP contribution is -2.44. The molecule has 1 N–H and O–H groups in total. The number of hydrogen-bond acceptors (Lipinski definition) is 2. The zero-order valence-corrected chi connectivity index (χ0v) is 12.3. The minimum Gasteiger partial charge on any atom is -0.480 e. The van der Waals surface area contributed by atoms with Crippen molar-refractivity contribution in [2.24, 2.45) is 5.92 Å². The molecule has 0 aromatic heterocycles. The predicted molar refractivity (Wildman–Crippen MR) is 80.4 cm³/mol. The highest BCUT2D eigenvalue weighted by Gasteiger charge is 2.38. The summed E-state index contributed by atoms with van der Waals surface area (Å²) in [4.78, 5) is 25.6. The minimum absolute atomic E-state index is 0.0824. The van der Waals surface area contributed by atoms with E-state index in [0.717, 1.165) is 29.7 Å². The van der Waals surface area contributed by atoms with Gasteiger partial charge >= 0.3 is 5.97 Å². The van der Waals surface area contributed by atoms with Crippen LogP contribution < -0.4 is 4.90 Å². The van der Waals surface area contributed by atoms with Gasteiger partial charge in [0.25, 0.3) is 0 Å². The van der Waals surface area contributed by atoms with Crippen LogP contribution in [0.3, 0.4) is 0 Å². The van der Waals surface area contributed by atoms with E-state index in [9.17, 15) is 14.7 Å². The lowest BCUT2D eigenvalue weighted by atomic mass is 9.97. The summed E-state index contributed by atoms with van der Waals surface area (Å²) in [6.45, 7) is 1.97. The first-order chi connectivity index (χ1) is 10.1. The molecule has 1 aromatic carbocycles. The summed E-state index contributed by atoms with van der Waals surface area (Å²) in [5.74, 6) is -0.529. The van der Waals surface area contributed by atoms with Crippen molar-refractivity contribution in [2.45, 2.75) is 51.5 Å². The lowest BCUT2D eigenvalue weighted by Gasteiger charge is -2.27. The van der Waals surface area contributed by atoms with Crippen molar-refractivity contribution in [2.75, 3.05) is 4.90 Å². The Hall–Kier alpha value is -1.84. The summed E-state index contributed by atoms with van der Waals surface area (Å²) in [5.41, 5.74) is 2.80. The maximum absolute atomic E-state index is 12.3. The van der Waals surface area contributed by atoms with Crippen molar-refractivity contribution in [1.82, 2.24) is 0 Å². The van der Waals surface area contributed by atoms with Gasteiger partial charge in [0.2, 0.25) is 5.91 Å². The Bertz CT molecular complexity index is 575. The van der Waals surface area contributed by atoms with E-state index in [0.29, 0.717) is 18.8 Å². The van der Waals surface area contributed by atoms with Gasteiger partial charge in [0.05, 0.1) is 6.42 Å². The molecule has 1 heterocycles. The van der Waals surface area contributed by atoms with E-state index in [1.807, 2.05) is 25.1 Å². The molecular weight excluding hydrogens is 266 g/mol. The second-order valence-corrected chi connectivity index (χ2v) is 6.31. The Kier molecular flexibility index (Phi) is 3.70. The van der Waals surface area contributed by atoms with Gasteiger partial charge in [-0.2, -0.15) is 0 Å². The highest BCUT2D eigenvalue weighted by atomic mass is 16.4. The Morgan fingerprint density at radius 1 is 1.38 bits per heavy atom. The molecular formula is C17H21NO3. The fourth-order valence-electron chi connectivity index (χ4n) is 3.65. The molecule has 112 valence electrons. The molecule has 1 atom stereocenters. The van der Waals surface area contributed by atoms with E-state index >= 15 is 0 Å². The van der Waals surface area contributed by atoms with Crippen molar-refractivity contribution in [3.05, 3.63) is 29.3 Å². The van der Waals surface area contributed by atoms with Crippen molar-refractivity contribution < 1.29 is 14.7 Å². The summed E-state index contributed by atoms with van der Waals surface area (Å²) in [5, 5.41) is 9.61. The number of amides is 1. The van der Waals surface area contributed by atoms with Gasteiger partial charge in [-0.15, -0.1) is 0 Å². The molecule has 1 aliphatic carbocycles. The van der Waals surface area contributed by atoms with Crippen LogP contribution in [0.5, 0.6) is 0 Å². The van der Waals surface area contributed by atoms with E-state index in [-0.39, 0.29) is 5.91 Å². The molecule has 1 unspecified atom stereocenters. The number of carboxylic acid groups (broad SMARTS) is 1. The smallest absolute Gasteiger partial charge is 0.326 e. The van der Waals surface area contributed by atoms with Crippen molar-refractivity contribution in [3.8, 4) is 0 Å². The topological polar surface area (TPSA) is 57.6 Å². The van der Waals surface area contributed by atoms with Crippen LogP contribution in [0, 0.1) is 12.8 Å². The molecule has 4 heteroatoms. The fourth-order valence-corrected chi connectivity index (χ4v) is 3.65. The van der Waals surface area contributed by atoms with Gasteiger partial charge in [-0.25, -0.2) is 4.79 Å². The number of carbonyl (C=O) groups excluding carboxylic acids is 1. The third kappa shape index (κ3) is 2.67. The lowest BCUT2D eigenvalue weighted by molar-refractivity contribution is -0.140. The fraction of sp³-hybridized carbons (Fsp3) is 0.529. The molecule has 1 amide bonds. The van der Waals surface area contributed by atoms with Gasteiger partial charge in [0, 0.05) is 5.69 Å². The molecule has 1 aliphatic heterocycles. The Morgan fingerprint density at radius 3 is 2.76 bits per heavy atom. The van der Waals surface area contributed by atoms with Gasteiger partial charge in [0.1, 0.15) is 6.04 Å².